The highest BCUT2D eigenvalue weighted by molar-refractivity contribution is 14.0. The zero-order valence-corrected chi connectivity index (χ0v) is 16.1. The number of fused-ring (bicyclic) bond motifs is 1. The molecule has 1 aromatic heterocycles. The van der Waals surface area contributed by atoms with Crippen LogP contribution in [0.15, 0.2) is 35.3 Å². The number of guanidine groups is 1. The van der Waals surface area contributed by atoms with Crippen LogP contribution in [0, 0.1) is 5.92 Å². The van der Waals surface area contributed by atoms with Crippen molar-refractivity contribution in [2.24, 2.45) is 10.9 Å². The van der Waals surface area contributed by atoms with Crippen LogP contribution in [-0.4, -0.2) is 23.5 Å². The van der Waals surface area contributed by atoms with Crippen molar-refractivity contribution < 1.29 is 0 Å². The Kier molecular flexibility index (Phi) is 7.72. The molecule has 0 aliphatic rings. The lowest BCUT2D eigenvalue weighted by Gasteiger charge is -2.20. The molecule has 0 saturated carbocycles. The molecular weight excluding hydrogens is 387 g/mol. The number of hydrogen-bond acceptors (Lipinski definition) is 1. The van der Waals surface area contributed by atoms with Crippen LogP contribution in [0.1, 0.15) is 33.4 Å². The summed E-state index contributed by atoms with van der Waals surface area (Å²) in [6.07, 6.45) is 0. The molecule has 0 aliphatic heterocycles. The number of nitrogens with one attached hydrogen (secondary N) is 3. The smallest absolute Gasteiger partial charge is 0.191 e. The Balaban J connectivity index is 0.00000242. The predicted octanol–water partition coefficient (Wildman–Crippen LogP) is 3.89. The lowest BCUT2D eigenvalue weighted by atomic mass is 10.1. The fourth-order valence-corrected chi connectivity index (χ4v) is 2.09. The first-order valence-corrected chi connectivity index (χ1v) is 7.71. The van der Waals surface area contributed by atoms with E-state index in [0.29, 0.717) is 18.5 Å². The van der Waals surface area contributed by atoms with Crippen molar-refractivity contribution >= 4 is 40.8 Å². The Bertz CT molecular complexity index is 570. The molecule has 0 radical (unpaired) electrons. The van der Waals surface area contributed by atoms with Crippen molar-refractivity contribution in [3.63, 3.8) is 0 Å². The van der Waals surface area contributed by atoms with E-state index in [1.807, 2.05) is 6.07 Å². The minimum atomic E-state index is 0. The van der Waals surface area contributed by atoms with Gasteiger partial charge in [-0.25, -0.2) is 4.99 Å². The fraction of sp³-hybridized carbons (Fsp3) is 0.471. The van der Waals surface area contributed by atoms with Crippen LogP contribution >= 0.6 is 24.0 Å². The maximum Gasteiger partial charge on any atom is 0.191 e. The van der Waals surface area contributed by atoms with E-state index in [9.17, 15) is 0 Å². The Hall–Kier alpha value is -1.24. The predicted molar refractivity (Wildman–Crippen MR) is 106 cm³/mol. The fourth-order valence-electron chi connectivity index (χ4n) is 2.09. The summed E-state index contributed by atoms with van der Waals surface area (Å²) in [7, 11) is 0. The maximum absolute atomic E-state index is 4.66. The van der Waals surface area contributed by atoms with Crippen molar-refractivity contribution in [1.29, 1.82) is 0 Å². The van der Waals surface area contributed by atoms with Gasteiger partial charge in [-0.3, -0.25) is 0 Å². The van der Waals surface area contributed by atoms with Gasteiger partial charge in [-0.2, -0.15) is 0 Å². The zero-order chi connectivity index (χ0) is 15.2. The summed E-state index contributed by atoms with van der Waals surface area (Å²) < 4.78 is 0. The molecule has 1 heterocycles. The molecule has 0 saturated heterocycles. The summed E-state index contributed by atoms with van der Waals surface area (Å²) in [5.41, 5.74) is 2.29. The highest BCUT2D eigenvalue weighted by atomic mass is 127. The Morgan fingerprint density at radius 3 is 2.59 bits per heavy atom. The largest absolute Gasteiger partial charge is 0.357 e. The molecule has 0 amide bonds. The molecule has 22 heavy (non-hydrogen) atoms. The summed E-state index contributed by atoms with van der Waals surface area (Å²) in [6, 6.07) is 10.9. The molecule has 4 nitrogen and oxygen atoms in total. The number of nitrogens with zero attached hydrogens (tertiary/aromatic N) is 1. The van der Waals surface area contributed by atoms with Gasteiger partial charge in [0.1, 0.15) is 0 Å². The van der Waals surface area contributed by atoms with E-state index in [2.05, 4.69) is 72.6 Å². The number of hydrogen-bond donors (Lipinski definition) is 3. The van der Waals surface area contributed by atoms with Gasteiger partial charge in [0.15, 0.2) is 5.96 Å². The first kappa shape index (κ1) is 18.8. The third-order valence-electron chi connectivity index (χ3n) is 3.70. The summed E-state index contributed by atoms with van der Waals surface area (Å²) in [5.74, 6) is 1.44. The van der Waals surface area contributed by atoms with Gasteiger partial charge in [-0.15, -0.1) is 24.0 Å². The van der Waals surface area contributed by atoms with E-state index in [1.165, 1.54) is 5.39 Å². The Morgan fingerprint density at radius 2 is 1.95 bits per heavy atom. The van der Waals surface area contributed by atoms with E-state index in [0.717, 1.165) is 23.7 Å². The zero-order valence-electron chi connectivity index (χ0n) is 13.8. The molecule has 2 aromatic rings. The van der Waals surface area contributed by atoms with Crippen LogP contribution in [0.4, 0.5) is 0 Å². The number of aromatic nitrogens is 1. The van der Waals surface area contributed by atoms with Gasteiger partial charge in [0.25, 0.3) is 0 Å². The van der Waals surface area contributed by atoms with E-state index in [1.54, 1.807) is 0 Å². The van der Waals surface area contributed by atoms with E-state index >= 15 is 0 Å². The van der Waals surface area contributed by atoms with Gasteiger partial charge in [0, 0.05) is 23.8 Å². The average Bonchev–Trinajstić information content (AvgIpc) is 2.87. The molecule has 0 aliphatic carbocycles. The van der Waals surface area contributed by atoms with Gasteiger partial charge in [0.2, 0.25) is 0 Å². The lowest BCUT2D eigenvalue weighted by molar-refractivity contribution is 0.481. The number of benzene rings is 1. The van der Waals surface area contributed by atoms with Gasteiger partial charge in [-0.05, 0) is 37.3 Å². The first-order valence-electron chi connectivity index (χ1n) is 7.71. The number of rotatable bonds is 5. The molecule has 1 atom stereocenters. The van der Waals surface area contributed by atoms with Gasteiger partial charge >= 0.3 is 0 Å². The van der Waals surface area contributed by atoms with Crippen LogP contribution < -0.4 is 10.6 Å². The third-order valence-corrected chi connectivity index (χ3v) is 3.70. The van der Waals surface area contributed by atoms with Crippen molar-refractivity contribution in [1.82, 2.24) is 15.6 Å². The molecule has 1 unspecified atom stereocenters. The normalized spacial score (nSPS) is 13.0. The van der Waals surface area contributed by atoms with Gasteiger partial charge in [0.05, 0.1) is 6.54 Å². The Morgan fingerprint density at radius 1 is 1.23 bits per heavy atom. The lowest BCUT2D eigenvalue weighted by Crippen LogP contribution is -2.44. The van der Waals surface area contributed by atoms with E-state index < -0.39 is 0 Å². The molecule has 2 rings (SSSR count). The monoisotopic (exact) mass is 414 g/mol. The van der Waals surface area contributed by atoms with Crippen LogP contribution in [0.25, 0.3) is 10.9 Å². The van der Waals surface area contributed by atoms with Crippen molar-refractivity contribution in [3.8, 4) is 0 Å². The average molecular weight is 414 g/mol. The third kappa shape index (κ3) is 5.19. The molecule has 3 N–H and O–H groups in total. The van der Waals surface area contributed by atoms with E-state index in [-0.39, 0.29) is 24.0 Å². The van der Waals surface area contributed by atoms with Crippen LogP contribution in [0.3, 0.4) is 0 Å². The minimum Gasteiger partial charge on any atom is -0.357 e. The molecule has 0 fully saturated rings. The summed E-state index contributed by atoms with van der Waals surface area (Å²) in [6.45, 7) is 10.2. The van der Waals surface area contributed by atoms with Crippen LogP contribution in [0.2, 0.25) is 0 Å². The van der Waals surface area contributed by atoms with Gasteiger partial charge < -0.3 is 15.6 Å². The SMILES string of the molecule is CCNC(=NCc1cc2ccccc2[nH]1)NC(C)C(C)C.I. The highest BCUT2D eigenvalue weighted by Gasteiger charge is 2.08. The number of aromatic amines is 1. The summed E-state index contributed by atoms with van der Waals surface area (Å²) >= 11 is 0. The second-order valence-electron chi connectivity index (χ2n) is 5.75. The molecule has 0 spiro atoms. The first-order chi connectivity index (χ1) is 10.1. The second kappa shape index (κ2) is 9.02. The van der Waals surface area contributed by atoms with Crippen molar-refractivity contribution in [3.05, 3.63) is 36.0 Å². The molecular formula is C17H27IN4. The van der Waals surface area contributed by atoms with Crippen molar-refractivity contribution in [2.75, 3.05) is 6.54 Å². The highest BCUT2D eigenvalue weighted by Crippen LogP contribution is 2.15. The minimum absolute atomic E-state index is 0. The number of halogens is 1. The van der Waals surface area contributed by atoms with Crippen LogP contribution in [0.5, 0.6) is 0 Å². The Labute approximate surface area is 150 Å². The number of para-hydroxylation sites is 1. The molecule has 1 aromatic carbocycles. The van der Waals surface area contributed by atoms with E-state index in [4.69, 9.17) is 0 Å². The summed E-state index contributed by atoms with van der Waals surface area (Å²) in [4.78, 5) is 8.07. The molecule has 122 valence electrons. The van der Waals surface area contributed by atoms with Crippen LogP contribution in [-0.2, 0) is 6.54 Å². The standard InChI is InChI=1S/C17H26N4.HI/c1-5-18-17(20-13(4)12(2)3)19-11-15-10-14-8-6-7-9-16(14)21-15;/h6-10,12-13,21H,5,11H2,1-4H3,(H2,18,19,20);1H. The summed E-state index contributed by atoms with van der Waals surface area (Å²) in [5, 5.41) is 7.98. The maximum atomic E-state index is 4.66. The van der Waals surface area contributed by atoms with Crippen molar-refractivity contribution in [2.45, 2.75) is 40.3 Å². The quantitative estimate of drug-likeness (QED) is 0.395. The number of H-pyrrole nitrogens is 1. The topological polar surface area (TPSA) is 52.2 Å². The van der Waals surface area contributed by atoms with Gasteiger partial charge in [-0.1, -0.05) is 32.0 Å². The molecule has 0 bridgehead atoms. The molecule has 5 heteroatoms. The second-order valence-corrected chi connectivity index (χ2v) is 5.75. The number of aliphatic imine (C=N–C) groups is 1.